The molecule has 0 amide bonds. The predicted molar refractivity (Wildman–Crippen MR) is 98.3 cm³/mol. The smallest absolute Gasteiger partial charge is 0.193 e. The highest BCUT2D eigenvalue weighted by Crippen LogP contribution is 2.27. The summed E-state index contributed by atoms with van der Waals surface area (Å²) in [7, 11) is 9.80. The molecule has 0 radical (unpaired) electrons. The number of methoxy groups -OCH3 is 1. The van der Waals surface area contributed by atoms with Gasteiger partial charge in [-0.05, 0) is 26.6 Å². The van der Waals surface area contributed by atoms with Crippen LogP contribution in [0.2, 0.25) is 0 Å². The van der Waals surface area contributed by atoms with E-state index in [1.807, 2.05) is 19.2 Å². The second kappa shape index (κ2) is 10.1. The van der Waals surface area contributed by atoms with Crippen molar-refractivity contribution in [3.05, 3.63) is 29.8 Å². The Kier molecular flexibility index (Phi) is 8.48. The topological polar surface area (TPSA) is 40.1 Å². The first-order valence-corrected chi connectivity index (χ1v) is 8.26. The highest BCUT2D eigenvalue weighted by molar-refractivity contribution is 5.79. The minimum absolute atomic E-state index is 0.211. The van der Waals surface area contributed by atoms with Gasteiger partial charge in [-0.1, -0.05) is 31.5 Å². The van der Waals surface area contributed by atoms with Gasteiger partial charge in [0, 0.05) is 32.7 Å². The largest absolute Gasteiger partial charge is 0.496 e. The van der Waals surface area contributed by atoms with Crippen LogP contribution in [0.1, 0.15) is 31.4 Å². The summed E-state index contributed by atoms with van der Waals surface area (Å²) in [5.74, 6) is 1.85. The van der Waals surface area contributed by atoms with Crippen LogP contribution in [0.3, 0.4) is 0 Å². The molecule has 1 unspecified atom stereocenters. The molecule has 130 valence electrons. The van der Waals surface area contributed by atoms with Gasteiger partial charge in [0.15, 0.2) is 5.96 Å². The number of ether oxygens (including phenoxy) is 1. The van der Waals surface area contributed by atoms with E-state index in [9.17, 15) is 0 Å². The van der Waals surface area contributed by atoms with Crippen molar-refractivity contribution in [2.24, 2.45) is 4.99 Å². The van der Waals surface area contributed by atoms with Crippen molar-refractivity contribution in [3.63, 3.8) is 0 Å². The van der Waals surface area contributed by atoms with Gasteiger partial charge < -0.3 is 19.9 Å². The number of benzene rings is 1. The molecule has 5 heteroatoms. The summed E-state index contributed by atoms with van der Waals surface area (Å²) in [5.41, 5.74) is 1.18. The summed E-state index contributed by atoms with van der Waals surface area (Å²) in [5, 5.41) is 3.49. The number of unbranched alkanes of at least 4 members (excludes halogenated alkanes) is 1. The minimum Gasteiger partial charge on any atom is -0.496 e. The van der Waals surface area contributed by atoms with E-state index < -0.39 is 0 Å². The van der Waals surface area contributed by atoms with E-state index in [2.05, 4.69) is 60.3 Å². The molecule has 0 fully saturated rings. The van der Waals surface area contributed by atoms with Gasteiger partial charge in [-0.2, -0.15) is 0 Å². The van der Waals surface area contributed by atoms with Crippen LogP contribution in [0.4, 0.5) is 0 Å². The third-order valence-electron chi connectivity index (χ3n) is 4.00. The molecule has 0 aliphatic heterocycles. The van der Waals surface area contributed by atoms with Crippen molar-refractivity contribution < 1.29 is 4.74 Å². The van der Waals surface area contributed by atoms with Crippen LogP contribution < -0.4 is 10.1 Å². The molecule has 1 aromatic rings. The average Bonchev–Trinajstić information content (AvgIpc) is 2.56. The molecule has 0 aromatic heterocycles. The Balaban J connectivity index is 2.80. The molecule has 1 aromatic carbocycles. The average molecular weight is 320 g/mol. The molecule has 23 heavy (non-hydrogen) atoms. The number of guanidine groups is 1. The van der Waals surface area contributed by atoms with Crippen molar-refractivity contribution in [3.8, 4) is 5.75 Å². The van der Waals surface area contributed by atoms with Crippen LogP contribution in [-0.2, 0) is 0 Å². The third-order valence-corrected chi connectivity index (χ3v) is 4.00. The molecule has 1 rings (SSSR count). The van der Waals surface area contributed by atoms with Gasteiger partial charge in [-0.15, -0.1) is 0 Å². The lowest BCUT2D eigenvalue weighted by Crippen LogP contribution is -2.43. The Morgan fingerprint density at radius 3 is 2.52 bits per heavy atom. The maximum absolute atomic E-state index is 5.52. The molecular formula is C18H32N4O. The van der Waals surface area contributed by atoms with Gasteiger partial charge in [0.1, 0.15) is 5.75 Å². The summed E-state index contributed by atoms with van der Waals surface area (Å²) in [4.78, 5) is 8.77. The molecule has 1 N–H and O–H groups in total. The second-order valence-electron chi connectivity index (χ2n) is 5.92. The van der Waals surface area contributed by atoms with E-state index in [-0.39, 0.29) is 6.04 Å². The van der Waals surface area contributed by atoms with E-state index in [0.717, 1.165) is 24.8 Å². The molecule has 0 bridgehead atoms. The third kappa shape index (κ3) is 5.75. The van der Waals surface area contributed by atoms with Gasteiger partial charge in [0.2, 0.25) is 0 Å². The van der Waals surface area contributed by atoms with Crippen LogP contribution in [0.15, 0.2) is 29.3 Å². The van der Waals surface area contributed by atoms with Crippen LogP contribution in [0, 0.1) is 0 Å². The normalized spacial score (nSPS) is 13.1. The first-order valence-electron chi connectivity index (χ1n) is 8.26. The van der Waals surface area contributed by atoms with E-state index in [0.29, 0.717) is 0 Å². The van der Waals surface area contributed by atoms with Gasteiger partial charge >= 0.3 is 0 Å². The van der Waals surface area contributed by atoms with Crippen molar-refractivity contribution in [1.29, 1.82) is 0 Å². The van der Waals surface area contributed by atoms with Crippen LogP contribution >= 0.6 is 0 Å². The zero-order chi connectivity index (χ0) is 17.2. The lowest BCUT2D eigenvalue weighted by Gasteiger charge is -2.29. The zero-order valence-electron chi connectivity index (χ0n) is 15.5. The standard InChI is InChI=1S/C18H32N4O/c1-7-8-13-22(5)18(19-2)20-14-16(21(3)4)15-11-9-10-12-17(15)23-6/h9-12,16H,7-8,13-14H2,1-6H3,(H,19,20). The van der Waals surface area contributed by atoms with Crippen molar-refractivity contribution >= 4 is 5.96 Å². The minimum atomic E-state index is 0.211. The lowest BCUT2D eigenvalue weighted by atomic mass is 10.0. The van der Waals surface area contributed by atoms with Crippen molar-refractivity contribution in [2.45, 2.75) is 25.8 Å². The summed E-state index contributed by atoms with van der Waals surface area (Å²) >= 11 is 0. The summed E-state index contributed by atoms with van der Waals surface area (Å²) in [6.07, 6.45) is 2.35. The molecular weight excluding hydrogens is 288 g/mol. The molecule has 0 aliphatic rings. The summed E-state index contributed by atoms with van der Waals surface area (Å²) in [6, 6.07) is 8.39. The molecule has 0 aliphatic carbocycles. The Hall–Kier alpha value is -1.75. The van der Waals surface area contributed by atoms with Gasteiger partial charge in [-0.3, -0.25) is 4.99 Å². The zero-order valence-corrected chi connectivity index (χ0v) is 15.5. The quantitative estimate of drug-likeness (QED) is 0.590. The highest BCUT2D eigenvalue weighted by Gasteiger charge is 2.19. The van der Waals surface area contributed by atoms with E-state index >= 15 is 0 Å². The van der Waals surface area contributed by atoms with E-state index in [1.54, 1.807) is 7.11 Å². The fourth-order valence-electron chi connectivity index (χ4n) is 2.59. The van der Waals surface area contributed by atoms with Gasteiger partial charge in [-0.25, -0.2) is 0 Å². The molecule has 0 saturated carbocycles. The molecule has 5 nitrogen and oxygen atoms in total. The Morgan fingerprint density at radius 2 is 1.96 bits per heavy atom. The molecule has 0 spiro atoms. The van der Waals surface area contributed by atoms with E-state index in [4.69, 9.17) is 4.74 Å². The number of rotatable bonds is 8. The first kappa shape index (κ1) is 19.3. The molecule has 1 atom stereocenters. The van der Waals surface area contributed by atoms with Crippen molar-refractivity contribution in [1.82, 2.24) is 15.1 Å². The number of hydrogen-bond donors (Lipinski definition) is 1. The predicted octanol–water partition coefficient (Wildman–Crippen LogP) is 2.61. The number of aliphatic imine (C=N–C) groups is 1. The molecule has 0 saturated heterocycles. The Labute approximate surface area is 141 Å². The monoisotopic (exact) mass is 320 g/mol. The van der Waals surface area contributed by atoms with Crippen molar-refractivity contribution in [2.75, 3.05) is 48.4 Å². The lowest BCUT2D eigenvalue weighted by molar-refractivity contribution is 0.285. The summed E-state index contributed by atoms with van der Waals surface area (Å²) in [6.45, 7) is 3.99. The van der Waals surface area contributed by atoms with E-state index in [1.165, 1.54) is 18.4 Å². The van der Waals surface area contributed by atoms with Crippen LogP contribution in [0.25, 0.3) is 0 Å². The fourth-order valence-corrected chi connectivity index (χ4v) is 2.59. The Morgan fingerprint density at radius 1 is 1.26 bits per heavy atom. The number of likely N-dealkylation sites (N-methyl/N-ethyl adjacent to an activating group) is 1. The Bertz CT molecular complexity index is 488. The second-order valence-corrected chi connectivity index (χ2v) is 5.92. The highest BCUT2D eigenvalue weighted by atomic mass is 16.5. The van der Waals surface area contributed by atoms with Crippen LogP contribution in [0.5, 0.6) is 5.75 Å². The number of hydrogen-bond acceptors (Lipinski definition) is 3. The van der Waals surface area contributed by atoms with Gasteiger partial charge in [0.05, 0.1) is 13.2 Å². The summed E-state index contributed by atoms with van der Waals surface area (Å²) < 4.78 is 5.52. The fraction of sp³-hybridized carbons (Fsp3) is 0.611. The number of nitrogens with zero attached hydrogens (tertiary/aromatic N) is 3. The van der Waals surface area contributed by atoms with Crippen LogP contribution in [-0.4, -0.2) is 64.1 Å². The SMILES string of the molecule is CCCCN(C)C(=NC)NCC(c1ccccc1OC)N(C)C. The first-order chi connectivity index (χ1) is 11.0. The maximum atomic E-state index is 5.52. The number of nitrogens with one attached hydrogen (secondary N) is 1. The maximum Gasteiger partial charge on any atom is 0.193 e. The molecule has 0 heterocycles. The van der Waals surface area contributed by atoms with Gasteiger partial charge in [0.25, 0.3) is 0 Å². The number of para-hydroxylation sites is 1.